The number of hydrogen-bond donors (Lipinski definition) is 0. The van der Waals surface area contributed by atoms with Crippen molar-refractivity contribution in [1.82, 2.24) is 0 Å². The number of halogens is 1. The molecule has 2 rings (SSSR count). The predicted octanol–water partition coefficient (Wildman–Crippen LogP) is 11.2. The molecule has 0 saturated heterocycles. The van der Waals surface area contributed by atoms with Gasteiger partial charge in [-0.25, -0.2) is 0 Å². The number of hydrogen-bond acceptors (Lipinski definition) is 8. The number of alkyl halides is 1. The Morgan fingerprint density at radius 2 is 1.16 bits per heavy atom. The number of carbonyl (C=O) groups is 4. The van der Waals surface area contributed by atoms with Gasteiger partial charge in [0, 0.05) is 46.1 Å². The quantitative estimate of drug-likeness (QED) is 0.0579. The Balaban J connectivity index is 0.000000918. The molecule has 0 aromatic heterocycles. The van der Waals surface area contributed by atoms with E-state index in [1.54, 1.807) is 5.10 Å². The van der Waals surface area contributed by atoms with Crippen molar-refractivity contribution >= 4 is 80.4 Å². The third kappa shape index (κ3) is 20.9. The fourth-order valence-electron chi connectivity index (χ4n) is 5.82. The van der Waals surface area contributed by atoms with Crippen LogP contribution >= 0.6 is 15.9 Å². The van der Waals surface area contributed by atoms with E-state index in [1.807, 2.05) is 6.08 Å². The SMILES string of the molecule is CC(C)(C)[Si](C)(C)OC1C=C(CBr)C(=O)C1.COC(=O)CCC/C=C(/CC1=CC(O[Si](C)(C)C(C)(C)C)CC1=O)[Si](C)(C)C.COC(=O)CCC/C=C(\[SiH2]C)B(C)C. The molecule has 58 heavy (non-hydrogen) atoms. The van der Waals surface area contributed by atoms with Crippen LogP contribution in [0.25, 0.3) is 0 Å². The molecular formula is C44H82BBrO8Si4. The fraction of sp³-hybridized carbons (Fsp3) is 0.727. The van der Waals surface area contributed by atoms with Crippen LogP contribution in [-0.4, -0.2) is 96.2 Å². The number of Topliss-reactive ketones (excluding diaryl/α,β-unsaturated/α-hetero) is 2. The second-order valence-corrected chi connectivity index (χ2v) is 36.7. The lowest BCUT2D eigenvalue weighted by atomic mass is 9.54. The molecule has 0 amide bonds. The third-order valence-corrected chi connectivity index (χ3v) is 25.7. The smallest absolute Gasteiger partial charge is 0.305 e. The minimum atomic E-state index is -1.89. The average Bonchev–Trinajstić information content (AvgIpc) is 3.62. The van der Waals surface area contributed by atoms with Gasteiger partial charge in [-0.2, -0.15) is 0 Å². The van der Waals surface area contributed by atoms with Crippen molar-refractivity contribution in [3.8, 4) is 0 Å². The minimum Gasteiger partial charge on any atom is -0.469 e. The largest absolute Gasteiger partial charge is 0.469 e. The number of methoxy groups -OCH3 is 2. The number of carbonyl (C=O) groups excluding carboxylic acids is 4. The van der Waals surface area contributed by atoms with E-state index in [0.717, 1.165) is 43.3 Å². The van der Waals surface area contributed by atoms with E-state index in [-0.39, 0.29) is 55.3 Å². The van der Waals surface area contributed by atoms with Crippen LogP contribution in [0.1, 0.15) is 99.3 Å². The van der Waals surface area contributed by atoms with Gasteiger partial charge in [-0.05, 0) is 86.1 Å². The molecule has 2 aliphatic carbocycles. The van der Waals surface area contributed by atoms with Gasteiger partial charge in [0.1, 0.15) is 0 Å². The number of rotatable bonds is 18. The summed E-state index contributed by atoms with van der Waals surface area (Å²) in [6.07, 6.45) is 14.8. The average molecular weight is 942 g/mol. The topological polar surface area (TPSA) is 105 Å². The molecule has 8 nitrogen and oxygen atoms in total. The van der Waals surface area contributed by atoms with Crippen LogP contribution in [0.2, 0.25) is 76.1 Å². The first-order valence-corrected chi connectivity index (χ1v) is 33.9. The van der Waals surface area contributed by atoms with E-state index in [0.29, 0.717) is 37.7 Å². The summed E-state index contributed by atoms with van der Waals surface area (Å²) in [5, 5.41) is 3.97. The molecule has 0 radical (unpaired) electrons. The normalized spacial score (nSPS) is 18.3. The van der Waals surface area contributed by atoms with Crippen molar-refractivity contribution in [2.75, 3.05) is 19.5 Å². The van der Waals surface area contributed by atoms with Crippen LogP contribution in [-0.2, 0) is 37.5 Å². The van der Waals surface area contributed by atoms with Crippen molar-refractivity contribution in [3.05, 3.63) is 45.7 Å². The molecule has 14 heteroatoms. The van der Waals surface area contributed by atoms with Crippen LogP contribution in [0.15, 0.2) is 45.7 Å². The van der Waals surface area contributed by atoms with Gasteiger partial charge in [-0.3, -0.25) is 19.2 Å². The van der Waals surface area contributed by atoms with E-state index in [4.69, 9.17) is 13.6 Å². The Morgan fingerprint density at radius 3 is 1.48 bits per heavy atom. The summed E-state index contributed by atoms with van der Waals surface area (Å²) >= 11 is 3.33. The second kappa shape index (κ2) is 25.5. The summed E-state index contributed by atoms with van der Waals surface area (Å²) < 4.78 is 21.9. The van der Waals surface area contributed by atoms with Crippen molar-refractivity contribution in [1.29, 1.82) is 0 Å². The summed E-state index contributed by atoms with van der Waals surface area (Å²) in [6, 6.07) is 0. The summed E-state index contributed by atoms with van der Waals surface area (Å²) in [5.74, 6) is 0.184. The van der Waals surface area contributed by atoms with Gasteiger partial charge < -0.3 is 18.3 Å². The minimum absolute atomic E-state index is 0.000872. The molecule has 2 unspecified atom stereocenters. The van der Waals surface area contributed by atoms with Crippen LogP contribution in [0.5, 0.6) is 0 Å². The highest BCUT2D eigenvalue weighted by Gasteiger charge is 2.42. The zero-order valence-electron chi connectivity index (χ0n) is 40.0. The summed E-state index contributed by atoms with van der Waals surface area (Å²) in [7, 11) is -2.36. The second-order valence-electron chi connectivity index (χ2n) is 20.0. The number of allylic oxidation sites excluding steroid dienone is 5. The third-order valence-electron chi connectivity index (χ3n) is 11.8. The molecule has 0 N–H and O–H groups in total. The first-order chi connectivity index (χ1) is 26.5. The molecule has 332 valence electrons. The molecular weight excluding hydrogens is 860 g/mol. The maximum atomic E-state index is 12.6. The zero-order valence-corrected chi connectivity index (χ0v) is 46.0. The van der Waals surface area contributed by atoms with Gasteiger partial charge in [-0.15, -0.1) is 5.10 Å². The van der Waals surface area contributed by atoms with Crippen molar-refractivity contribution in [2.45, 2.75) is 188 Å². The molecule has 2 aliphatic rings. The van der Waals surface area contributed by atoms with Crippen LogP contribution < -0.4 is 0 Å². The molecule has 2 atom stereocenters. The first kappa shape index (κ1) is 56.6. The standard InChI is InChI=1S/C22H40O4Si2.C12H21BrO2Si.C10H21BO2Si/c1-22(2,3)28(8,9)26-18-14-17(20(23)16-18)15-19(27(5,6)7)12-10-11-13-21(24)25-4;1-12(2,3)16(4,5)15-10-6-9(8-13)11(14)7-10;1-11(2)9(14-4)7-5-6-8-10(12)13-3/h12,14,18H,10-11,13,15-16H2,1-9H3;6,10H,7-8H2,1-5H3;7H,5-6,8,14H2,1-4H3/b19-12-;;9-7-. The fourth-order valence-corrected chi connectivity index (χ4v) is 11.6. The highest BCUT2D eigenvalue weighted by molar-refractivity contribution is 9.09. The summed E-state index contributed by atoms with van der Waals surface area (Å²) in [6.45, 7) is 36.6. The van der Waals surface area contributed by atoms with Crippen molar-refractivity contribution in [3.63, 3.8) is 0 Å². The zero-order chi connectivity index (χ0) is 45.3. The molecule has 0 aliphatic heterocycles. The molecule has 0 bridgehead atoms. The predicted molar refractivity (Wildman–Crippen MR) is 261 cm³/mol. The molecule has 0 saturated carbocycles. The van der Waals surface area contributed by atoms with Crippen LogP contribution in [0.3, 0.4) is 0 Å². The van der Waals surface area contributed by atoms with Gasteiger partial charge in [0.05, 0.1) is 34.5 Å². The molecule has 0 heterocycles. The lowest BCUT2D eigenvalue weighted by Gasteiger charge is -2.37. The Hall–Kier alpha value is -1.43. The van der Waals surface area contributed by atoms with Gasteiger partial charge in [0.15, 0.2) is 34.9 Å². The number of ether oxygens (including phenoxy) is 2. The van der Waals surface area contributed by atoms with Crippen LogP contribution in [0.4, 0.5) is 0 Å². The van der Waals surface area contributed by atoms with Crippen molar-refractivity contribution < 1.29 is 37.5 Å². The Bertz CT molecular complexity index is 1480. The highest BCUT2D eigenvalue weighted by atomic mass is 79.9. The van der Waals surface area contributed by atoms with Crippen LogP contribution in [0, 0.1) is 0 Å². The van der Waals surface area contributed by atoms with Gasteiger partial charge in [0.25, 0.3) is 0 Å². The van der Waals surface area contributed by atoms with E-state index in [9.17, 15) is 19.2 Å². The van der Waals surface area contributed by atoms with E-state index in [2.05, 4.69) is 146 Å². The Kier molecular flexibility index (Phi) is 24.9. The van der Waals surface area contributed by atoms with E-state index in [1.165, 1.54) is 19.4 Å². The van der Waals surface area contributed by atoms with E-state index >= 15 is 0 Å². The maximum absolute atomic E-state index is 12.6. The summed E-state index contributed by atoms with van der Waals surface area (Å²) in [5.41, 5.74) is 1.77. The monoisotopic (exact) mass is 940 g/mol. The lowest BCUT2D eigenvalue weighted by molar-refractivity contribution is -0.141. The van der Waals surface area contributed by atoms with Gasteiger partial charge >= 0.3 is 11.9 Å². The summed E-state index contributed by atoms with van der Waals surface area (Å²) in [4.78, 5) is 46.3. The number of unbranched alkanes of at least 4 members (excludes halogenated alkanes) is 2. The van der Waals surface area contributed by atoms with Crippen molar-refractivity contribution in [2.24, 2.45) is 0 Å². The lowest BCUT2D eigenvalue weighted by Crippen LogP contribution is -2.43. The molecule has 0 fully saturated rings. The van der Waals surface area contributed by atoms with Gasteiger partial charge in [-0.1, -0.05) is 115 Å². The number of esters is 2. The molecule has 0 spiro atoms. The maximum Gasteiger partial charge on any atom is 0.305 e. The van der Waals surface area contributed by atoms with Gasteiger partial charge in [0.2, 0.25) is 0 Å². The molecule has 0 aromatic rings. The Morgan fingerprint density at radius 1 is 0.759 bits per heavy atom. The Labute approximate surface area is 368 Å². The number of ketones is 2. The van der Waals surface area contributed by atoms with E-state index < -0.39 is 24.7 Å². The highest BCUT2D eigenvalue weighted by Crippen LogP contribution is 2.40. The first-order valence-electron chi connectivity index (χ1n) is 21.4. The molecule has 0 aromatic carbocycles.